The zero-order valence-corrected chi connectivity index (χ0v) is 15.8. The van der Waals surface area contributed by atoms with Crippen LogP contribution in [0.1, 0.15) is 10.5 Å². The third-order valence-electron chi connectivity index (χ3n) is 3.99. The molecule has 9 nitrogen and oxygen atoms in total. The Morgan fingerprint density at radius 3 is 2.40 bits per heavy atom. The Bertz CT molecular complexity index is 1170. The molecule has 0 atom stereocenters. The molecule has 0 radical (unpaired) electrons. The Balaban J connectivity index is 1.86. The summed E-state index contributed by atoms with van der Waals surface area (Å²) in [6.07, 6.45) is 1.45. The van der Waals surface area contributed by atoms with E-state index in [0.29, 0.717) is 11.1 Å². The highest BCUT2D eigenvalue weighted by molar-refractivity contribution is 6.03. The van der Waals surface area contributed by atoms with Crippen molar-refractivity contribution in [3.63, 3.8) is 0 Å². The zero-order valence-electron chi connectivity index (χ0n) is 15.8. The van der Waals surface area contributed by atoms with Gasteiger partial charge in [0.15, 0.2) is 12.3 Å². The fraction of sp³-hybridized carbons (Fsp3) is 0.0952. The number of nitrogens with one attached hydrogen (secondary N) is 2. The van der Waals surface area contributed by atoms with Gasteiger partial charge in [0.1, 0.15) is 0 Å². The zero-order chi connectivity index (χ0) is 21.5. The average molecular weight is 406 g/mol. The molecule has 0 aliphatic carbocycles. The van der Waals surface area contributed by atoms with Crippen molar-refractivity contribution in [1.82, 2.24) is 20.4 Å². The fourth-order valence-corrected chi connectivity index (χ4v) is 2.66. The van der Waals surface area contributed by atoms with Crippen molar-refractivity contribution < 1.29 is 19.1 Å². The molecular formula is C21H18N4O5. The van der Waals surface area contributed by atoms with Crippen LogP contribution in [0, 0.1) is 0 Å². The number of imide groups is 1. The van der Waals surface area contributed by atoms with Crippen molar-refractivity contribution in [2.24, 2.45) is 0 Å². The molecule has 0 aliphatic heterocycles. The van der Waals surface area contributed by atoms with Crippen LogP contribution in [0.25, 0.3) is 16.5 Å². The largest absolute Gasteiger partial charge is 0.451 e. The number of aromatic nitrogens is 2. The molecule has 152 valence electrons. The van der Waals surface area contributed by atoms with E-state index in [1.54, 1.807) is 54.6 Å². The van der Waals surface area contributed by atoms with E-state index in [9.17, 15) is 19.2 Å². The summed E-state index contributed by atoms with van der Waals surface area (Å²) in [5, 5.41) is 9.10. The number of rotatable bonds is 6. The number of hydrogen-bond acceptors (Lipinski definition) is 6. The van der Waals surface area contributed by atoms with Crippen LogP contribution in [0.4, 0.5) is 4.79 Å². The number of fused-ring (bicyclic) bond motifs is 1. The number of amides is 3. The number of esters is 1. The number of carbonyl (C=O) groups is 3. The van der Waals surface area contributed by atoms with Gasteiger partial charge >= 0.3 is 12.0 Å². The highest BCUT2D eigenvalue weighted by atomic mass is 16.5. The molecule has 1 heterocycles. The highest BCUT2D eigenvalue weighted by Gasteiger charge is 2.20. The number of ether oxygens (including phenoxy) is 1. The molecule has 2 N–H and O–H groups in total. The summed E-state index contributed by atoms with van der Waals surface area (Å²) >= 11 is 0. The van der Waals surface area contributed by atoms with E-state index in [-0.39, 0.29) is 17.6 Å². The van der Waals surface area contributed by atoms with E-state index in [1.807, 2.05) is 5.32 Å². The summed E-state index contributed by atoms with van der Waals surface area (Å²) in [7, 11) is 0. The van der Waals surface area contributed by atoms with Crippen molar-refractivity contribution in [3.8, 4) is 5.69 Å². The first-order valence-corrected chi connectivity index (χ1v) is 8.94. The predicted octanol–water partition coefficient (Wildman–Crippen LogP) is 1.55. The van der Waals surface area contributed by atoms with Crippen LogP contribution in [0.3, 0.4) is 0 Å². The molecular weight excluding hydrogens is 388 g/mol. The summed E-state index contributed by atoms with van der Waals surface area (Å²) in [4.78, 5) is 48.7. The minimum Gasteiger partial charge on any atom is -0.451 e. The molecule has 9 heteroatoms. The van der Waals surface area contributed by atoms with Gasteiger partial charge in [-0.3, -0.25) is 14.9 Å². The lowest BCUT2D eigenvalue weighted by Crippen LogP contribution is -2.41. The maximum absolute atomic E-state index is 12.8. The van der Waals surface area contributed by atoms with Crippen molar-refractivity contribution in [3.05, 3.63) is 83.3 Å². The maximum atomic E-state index is 12.8. The molecule has 0 bridgehead atoms. The molecule has 1 aromatic heterocycles. The number of urea groups is 1. The summed E-state index contributed by atoms with van der Waals surface area (Å²) < 4.78 is 6.10. The minimum absolute atomic E-state index is 0.127. The van der Waals surface area contributed by atoms with Gasteiger partial charge in [-0.25, -0.2) is 9.59 Å². The van der Waals surface area contributed by atoms with E-state index < -0.39 is 30.1 Å². The minimum atomic E-state index is -0.905. The molecule has 3 aromatic rings. The van der Waals surface area contributed by atoms with E-state index in [0.717, 1.165) is 4.68 Å². The number of carbonyl (C=O) groups excluding carboxylic acids is 3. The Morgan fingerprint density at radius 1 is 1.03 bits per heavy atom. The molecule has 3 amide bonds. The van der Waals surface area contributed by atoms with Crippen LogP contribution in [-0.4, -0.2) is 40.8 Å². The summed E-state index contributed by atoms with van der Waals surface area (Å²) in [5.74, 6) is -1.72. The van der Waals surface area contributed by atoms with Gasteiger partial charge in [-0.15, -0.1) is 6.58 Å². The molecule has 30 heavy (non-hydrogen) atoms. The van der Waals surface area contributed by atoms with E-state index in [4.69, 9.17) is 4.74 Å². The van der Waals surface area contributed by atoms with Gasteiger partial charge in [-0.1, -0.05) is 42.5 Å². The second kappa shape index (κ2) is 9.28. The van der Waals surface area contributed by atoms with Gasteiger partial charge in [-0.2, -0.15) is 9.78 Å². The molecule has 3 rings (SSSR count). The lowest BCUT2D eigenvalue weighted by molar-refractivity contribution is -0.123. The van der Waals surface area contributed by atoms with Crippen LogP contribution in [0.15, 0.2) is 72.0 Å². The van der Waals surface area contributed by atoms with Gasteiger partial charge < -0.3 is 10.1 Å². The highest BCUT2D eigenvalue weighted by Crippen LogP contribution is 2.16. The third kappa shape index (κ3) is 4.58. The number of nitrogens with zero attached hydrogens (tertiary/aromatic N) is 2. The smallest absolute Gasteiger partial charge is 0.359 e. The molecule has 0 saturated heterocycles. The molecule has 0 aliphatic rings. The molecule has 0 unspecified atom stereocenters. The van der Waals surface area contributed by atoms with Gasteiger partial charge in [-0.05, 0) is 18.2 Å². The summed E-state index contributed by atoms with van der Waals surface area (Å²) in [5.41, 5.74) is -0.0538. The lowest BCUT2D eigenvalue weighted by Gasteiger charge is -2.11. The van der Waals surface area contributed by atoms with E-state index >= 15 is 0 Å². The summed E-state index contributed by atoms with van der Waals surface area (Å²) in [6, 6.07) is 14.3. The Hall–Kier alpha value is -4.27. The van der Waals surface area contributed by atoms with Crippen LogP contribution in [0.2, 0.25) is 0 Å². The van der Waals surface area contributed by atoms with Gasteiger partial charge in [0.2, 0.25) is 0 Å². The van der Waals surface area contributed by atoms with Crippen LogP contribution in [-0.2, 0) is 9.53 Å². The number of benzene rings is 2. The van der Waals surface area contributed by atoms with Crippen LogP contribution in [0.5, 0.6) is 0 Å². The van der Waals surface area contributed by atoms with Gasteiger partial charge in [0.05, 0.1) is 11.1 Å². The first-order chi connectivity index (χ1) is 14.5. The molecule has 0 saturated carbocycles. The number of para-hydroxylation sites is 1. The van der Waals surface area contributed by atoms with Crippen molar-refractivity contribution in [1.29, 1.82) is 0 Å². The second-order valence-electron chi connectivity index (χ2n) is 6.07. The average Bonchev–Trinajstić information content (AvgIpc) is 2.77. The SMILES string of the molecule is C=CCNC(=O)NC(=O)COC(=O)c1nn(-c2ccccc2)c(=O)c2ccccc12. The standard InChI is InChI=1S/C21H18N4O5/c1-2-12-22-21(29)23-17(26)13-30-20(28)18-15-10-6-7-11-16(15)19(27)25(24-18)14-8-4-3-5-9-14/h2-11H,1,12-13H2,(H2,22,23,26,29). The normalized spacial score (nSPS) is 10.3. The Morgan fingerprint density at radius 2 is 1.70 bits per heavy atom. The predicted molar refractivity (Wildman–Crippen MR) is 109 cm³/mol. The van der Waals surface area contributed by atoms with Crippen molar-refractivity contribution in [2.45, 2.75) is 0 Å². The first kappa shape index (κ1) is 20.5. The van der Waals surface area contributed by atoms with Crippen molar-refractivity contribution in [2.75, 3.05) is 13.2 Å². The monoisotopic (exact) mass is 406 g/mol. The fourth-order valence-electron chi connectivity index (χ4n) is 2.66. The first-order valence-electron chi connectivity index (χ1n) is 8.94. The van der Waals surface area contributed by atoms with E-state index in [1.165, 1.54) is 6.08 Å². The van der Waals surface area contributed by atoms with Gasteiger partial charge in [0, 0.05) is 11.9 Å². The van der Waals surface area contributed by atoms with Gasteiger partial charge in [0.25, 0.3) is 11.5 Å². The molecule has 2 aromatic carbocycles. The maximum Gasteiger partial charge on any atom is 0.359 e. The summed E-state index contributed by atoms with van der Waals surface area (Å²) in [6.45, 7) is 2.92. The van der Waals surface area contributed by atoms with Crippen LogP contribution >= 0.6 is 0 Å². The Kier molecular flexibility index (Phi) is 6.33. The lowest BCUT2D eigenvalue weighted by atomic mass is 10.1. The number of hydrogen-bond donors (Lipinski definition) is 2. The Labute approximate surface area is 171 Å². The van der Waals surface area contributed by atoms with E-state index in [2.05, 4.69) is 17.0 Å². The third-order valence-corrected chi connectivity index (χ3v) is 3.99. The van der Waals surface area contributed by atoms with Crippen LogP contribution < -0.4 is 16.2 Å². The quantitative estimate of drug-likeness (QED) is 0.474. The van der Waals surface area contributed by atoms with Crippen molar-refractivity contribution >= 4 is 28.7 Å². The molecule has 0 fully saturated rings. The molecule has 0 spiro atoms. The topological polar surface area (TPSA) is 119 Å². The second-order valence-corrected chi connectivity index (χ2v) is 6.07.